The van der Waals surface area contributed by atoms with Crippen LogP contribution in [0.1, 0.15) is 49.2 Å². The Morgan fingerprint density at radius 1 is 1.54 bits per heavy atom. The Balaban J connectivity index is 2.98. The van der Waals surface area contributed by atoms with Crippen molar-refractivity contribution in [2.75, 3.05) is 0 Å². The van der Waals surface area contributed by atoms with E-state index in [0.29, 0.717) is 18.0 Å². The van der Waals surface area contributed by atoms with Gasteiger partial charge in [0.1, 0.15) is 5.69 Å². The lowest BCUT2D eigenvalue weighted by atomic mass is 10.0. The van der Waals surface area contributed by atoms with Gasteiger partial charge in [-0.2, -0.15) is 0 Å². The summed E-state index contributed by atoms with van der Waals surface area (Å²) >= 11 is 0. The van der Waals surface area contributed by atoms with Crippen LogP contribution in [0, 0.1) is 0 Å². The third-order valence-electron chi connectivity index (χ3n) is 2.06. The average molecular weight is 177 g/mol. The number of nitrogens with zero attached hydrogens (tertiary/aromatic N) is 1. The number of hydrogen-bond acceptors (Lipinski definition) is 2. The molecule has 0 aromatic carbocycles. The molecule has 0 N–H and O–H groups in total. The zero-order valence-electron chi connectivity index (χ0n) is 8.37. The van der Waals surface area contributed by atoms with Gasteiger partial charge in [-0.1, -0.05) is 20.8 Å². The molecule has 0 amide bonds. The standard InChI is InChI=1S/C11H15NO/c1-4-11(13)10-7-9(8(2)3)5-6-12-10/h5-8H,4H2,1-3H3. The predicted molar refractivity (Wildman–Crippen MR) is 52.9 cm³/mol. The summed E-state index contributed by atoms with van der Waals surface area (Å²) in [6.07, 6.45) is 2.23. The highest BCUT2D eigenvalue weighted by Crippen LogP contribution is 2.14. The fourth-order valence-electron chi connectivity index (χ4n) is 1.14. The molecule has 1 aromatic rings. The van der Waals surface area contributed by atoms with Gasteiger partial charge in [0.2, 0.25) is 0 Å². The molecule has 0 unspecified atom stereocenters. The molecular formula is C11H15NO. The zero-order valence-corrected chi connectivity index (χ0v) is 8.37. The van der Waals surface area contributed by atoms with Gasteiger partial charge >= 0.3 is 0 Å². The number of pyridine rings is 1. The molecule has 0 atom stereocenters. The van der Waals surface area contributed by atoms with Gasteiger partial charge in [0, 0.05) is 12.6 Å². The highest BCUT2D eigenvalue weighted by molar-refractivity contribution is 5.94. The summed E-state index contributed by atoms with van der Waals surface area (Å²) < 4.78 is 0. The molecule has 2 heteroatoms. The van der Waals surface area contributed by atoms with Crippen molar-refractivity contribution in [1.29, 1.82) is 0 Å². The van der Waals surface area contributed by atoms with E-state index in [4.69, 9.17) is 0 Å². The van der Waals surface area contributed by atoms with Crippen molar-refractivity contribution in [1.82, 2.24) is 4.98 Å². The van der Waals surface area contributed by atoms with Crippen LogP contribution in [0.4, 0.5) is 0 Å². The van der Waals surface area contributed by atoms with Crippen molar-refractivity contribution >= 4 is 5.78 Å². The Hall–Kier alpha value is -1.18. The van der Waals surface area contributed by atoms with E-state index in [0.717, 1.165) is 0 Å². The van der Waals surface area contributed by atoms with Gasteiger partial charge in [0.15, 0.2) is 5.78 Å². The van der Waals surface area contributed by atoms with Gasteiger partial charge in [-0.15, -0.1) is 0 Å². The molecule has 13 heavy (non-hydrogen) atoms. The number of aromatic nitrogens is 1. The van der Waals surface area contributed by atoms with E-state index in [9.17, 15) is 4.79 Å². The second-order valence-electron chi connectivity index (χ2n) is 3.41. The molecule has 1 aromatic heterocycles. The van der Waals surface area contributed by atoms with Crippen LogP contribution in [0.5, 0.6) is 0 Å². The molecule has 1 heterocycles. The molecule has 0 radical (unpaired) electrons. The normalized spacial score (nSPS) is 10.5. The fraction of sp³-hybridized carbons (Fsp3) is 0.455. The summed E-state index contributed by atoms with van der Waals surface area (Å²) in [5, 5.41) is 0. The van der Waals surface area contributed by atoms with Crippen LogP contribution in [-0.4, -0.2) is 10.8 Å². The summed E-state index contributed by atoms with van der Waals surface area (Å²) in [4.78, 5) is 15.4. The summed E-state index contributed by atoms with van der Waals surface area (Å²) in [5.74, 6) is 0.564. The summed E-state index contributed by atoms with van der Waals surface area (Å²) in [6, 6.07) is 3.84. The lowest BCUT2D eigenvalue weighted by Gasteiger charge is -2.05. The van der Waals surface area contributed by atoms with E-state index in [1.165, 1.54) is 5.56 Å². The van der Waals surface area contributed by atoms with Gasteiger partial charge in [-0.05, 0) is 23.6 Å². The van der Waals surface area contributed by atoms with Gasteiger partial charge in [-0.3, -0.25) is 9.78 Å². The van der Waals surface area contributed by atoms with Crippen LogP contribution in [0.25, 0.3) is 0 Å². The molecule has 2 nitrogen and oxygen atoms in total. The molecule has 1 rings (SSSR count). The Kier molecular flexibility index (Phi) is 3.18. The maximum Gasteiger partial charge on any atom is 0.180 e. The average Bonchev–Trinajstić information content (AvgIpc) is 2.17. The van der Waals surface area contributed by atoms with Crippen LogP contribution in [0.3, 0.4) is 0 Å². The molecule has 0 fully saturated rings. The van der Waals surface area contributed by atoms with E-state index in [1.54, 1.807) is 6.20 Å². The van der Waals surface area contributed by atoms with Crippen LogP contribution >= 0.6 is 0 Å². The van der Waals surface area contributed by atoms with E-state index in [-0.39, 0.29) is 5.78 Å². The Morgan fingerprint density at radius 3 is 2.77 bits per heavy atom. The lowest BCUT2D eigenvalue weighted by molar-refractivity contribution is 0.0983. The molecule has 0 aliphatic heterocycles. The highest BCUT2D eigenvalue weighted by atomic mass is 16.1. The summed E-state index contributed by atoms with van der Waals surface area (Å²) in [6.45, 7) is 6.07. The van der Waals surface area contributed by atoms with Gasteiger partial charge in [0.25, 0.3) is 0 Å². The molecule has 0 aliphatic carbocycles. The van der Waals surface area contributed by atoms with Crippen molar-refractivity contribution in [3.63, 3.8) is 0 Å². The monoisotopic (exact) mass is 177 g/mol. The van der Waals surface area contributed by atoms with E-state index in [2.05, 4.69) is 18.8 Å². The van der Waals surface area contributed by atoms with Crippen molar-refractivity contribution in [2.24, 2.45) is 0 Å². The van der Waals surface area contributed by atoms with E-state index in [1.807, 2.05) is 19.1 Å². The van der Waals surface area contributed by atoms with Crippen molar-refractivity contribution in [3.05, 3.63) is 29.6 Å². The van der Waals surface area contributed by atoms with Crippen molar-refractivity contribution < 1.29 is 4.79 Å². The van der Waals surface area contributed by atoms with E-state index < -0.39 is 0 Å². The summed E-state index contributed by atoms with van der Waals surface area (Å²) in [5.41, 5.74) is 1.76. The first-order valence-electron chi connectivity index (χ1n) is 4.64. The number of rotatable bonds is 3. The molecule has 0 spiro atoms. The maximum atomic E-state index is 11.3. The zero-order chi connectivity index (χ0) is 9.84. The Morgan fingerprint density at radius 2 is 2.23 bits per heavy atom. The first-order chi connectivity index (χ1) is 6.15. The van der Waals surface area contributed by atoms with Crippen LogP contribution in [0.15, 0.2) is 18.3 Å². The van der Waals surface area contributed by atoms with E-state index >= 15 is 0 Å². The third kappa shape index (κ3) is 2.38. The number of carbonyl (C=O) groups excluding carboxylic acids is 1. The second kappa shape index (κ2) is 4.17. The lowest BCUT2D eigenvalue weighted by Crippen LogP contribution is -2.01. The predicted octanol–water partition coefficient (Wildman–Crippen LogP) is 2.80. The van der Waals surface area contributed by atoms with Crippen molar-refractivity contribution in [2.45, 2.75) is 33.1 Å². The molecular weight excluding hydrogens is 162 g/mol. The largest absolute Gasteiger partial charge is 0.292 e. The number of hydrogen-bond donors (Lipinski definition) is 0. The van der Waals surface area contributed by atoms with Crippen molar-refractivity contribution in [3.8, 4) is 0 Å². The SMILES string of the molecule is CCC(=O)c1cc(C(C)C)ccn1. The minimum Gasteiger partial charge on any atom is -0.292 e. The van der Waals surface area contributed by atoms with Gasteiger partial charge in [0.05, 0.1) is 0 Å². The highest BCUT2D eigenvalue weighted by Gasteiger charge is 2.06. The molecule has 70 valence electrons. The quantitative estimate of drug-likeness (QED) is 0.664. The number of carbonyl (C=O) groups is 1. The number of Topliss-reactive ketones (excluding diaryl/α,β-unsaturated/α-hetero) is 1. The fourth-order valence-corrected chi connectivity index (χ4v) is 1.14. The van der Waals surface area contributed by atoms with Gasteiger partial charge < -0.3 is 0 Å². The second-order valence-corrected chi connectivity index (χ2v) is 3.41. The molecule has 0 saturated carbocycles. The first kappa shape index (κ1) is 9.90. The molecule has 0 bridgehead atoms. The maximum absolute atomic E-state index is 11.3. The summed E-state index contributed by atoms with van der Waals surface area (Å²) in [7, 11) is 0. The number of ketones is 1. The Bertz CT molecular complexity index is 305. The topological polar surface area (TPSA) is 30.0 Å². The molecule has 0 saturated heterocycles. The minimum absolute atomic E-state index is 0.113. The minimum atomic E-state index is 0.113. The first-order valence-corrected chi connectivity index (χ1v) is 4.64. The smallest absolute Gasteiger partial charge is 0.180 e. The third-order valence-corrected chi connectivity index (χ3v) is 2.06. The van der Waals surface area contributed by atoms with Crippen LogP contribution in [-0.2, 0) is 0 Å². The van der Waals surface area contributed by atoms with Crippen LogP contribution < -0.4 is 0 Å². The van der Waals surface area contributed by atoms with Crippen LogP contribution in [0.2, 0.25) is 0 Å². The Labute approximate surface area is 79.0 Å². The van der Waals surface area contributed by atoms with Gasteiger partial charge in [-0.25, -0.2) is 0 Å². The molecule has 0 aliphatic rings.